The summed E-state index contributed by atoms with van der Waals surface area (Å²) in [5.41, 5.74) is -0.838. The summed E-state index contributed by atoms with van der Waals surface area (Å²) in [5, 5.41) is 19.5. The van der Waals surface area contributed by atoms with Crippen LogP contribution in [0.5, 0.6) is 5.75 Å². The van der Waals surface area contributed by atoms with Crippen molar-refractivity contribution >= 4 is 11.9 Å². The number of aromatic hydroxyl groups is 1. The summed E-state index contributed by atoms with van der Waals surface area (Å²) in [4.78, 5) is 24.6. The van der Waals surface area contributed by atoms with Gasteiger partial charge in [-0.1, -0.05) is 46.8 Å². The molecule has 2 rings (SSSR count). The van der Waals surface area contributed by atoms with Crippen molar-refractivity contribution in [3.8, 4) is 5.75 Å². The molecule has 1 aliphatic rings. The fraction of sp³-hybridized carbons (Fsp3) is 0.600. The van der Waals surface area contributed by atoms with Crippen molar-refractivity contribution in [3.05, 3.63) is 29.8 Å². The fourth-order valence-corrected chi connectivity index (χ4v) is 3.49. The molecule has 0 aliphatic heterocycles. The van der Waals surface area contributed by atoms with Gasteiger partial charge in [0.05, 0.1) is 5.41 Å². The summed E-state index contributed by atoms with van der Waals surface area (Å²) in [6.07, 6.45) is -0.191. The molecule has 26 heavy (non-hydrogen) atoms. The number of carbonyl (C=O) groups is 2. The van der Waals surface area contributed by atoms with Crippen LogP contribution in [0.4, 0.5) is 0 Å². The highest BCUT2D eigenvalue weighted by molar-refractivity contribution is 5.92. The average molecular weight is 364 g/mol. The van der Waals surface area contributed by atoms with E-state index in [1.165, 1.54) is 12.1 Å². The molecular weight excluding hydrogens is 336 g/mol. The third-order valence-electron chi connectivity index (χ3n) is 4.86. The molecule has 2 atom stereocenters. The average Bonchev–Trinajstić information content (AvgIpc) is 3.04. The highest BCUT2D eigenvalue weighted by Crippen LogP contribution is 2.68. The summed E-state index contributed by atoms with van der Waals surface area (Å²) < 4.78 is 10.1. The summed E-state index contributed by atoms with van der Waals surface area (Å²) >= 11 is 0. The number of aliphatic hydroxyl groups excluding tert-OH is 1. The highest BCUT2D eigenvalue weighted by Gasteiger charge is 2.67. The molecule has 0 amide bonds. The van der Waals surface area contributed by atoms with Gasteiger partial charge in [0.2, 0.25) is 6.29 Å². The second kappa shape index (κ2) is 6.91. The number of rotatable bonds is 6. The van der Waals surface area contributed by atoms with Crippen LogP contribution in [0.1, 0.15) is 57.8 Å². The van der Waals surface area contributed by atoms with E-state index >= 15 is 0 Å². The van der Waals surface area contributed by atoms with E-state index in [-0.39, 0.29) is 28.1 Å². The molecule has 1 aromatic carbocycles. The summed E-state index contributed by atoms with van der Waals surface area (Å²) in [5.74, 6) is -1.51. The van der Waals surface area contributed by atoms with Gasteiger partial charge in [0.15, 0.2) is 6.61 Å². The van der Waals surface area contributed by atoms with Crippen molar-refractivity contribution in [1.29, 1.82) is 0 Å². The lowest BCUT2D eigenvalue weighted by atomic mass is 9.79. The lowest BCUT2D eigenvalue weighted by Gasteiger charge is -2.27. The van der Waals surface area contributed by atoms with Crippen LogP contribution in [-0.2, 0) is 14.3 Å². The second-order valence-corrected chi connectivity index (χ2v) is 8.86. The Morgan fingerprint density at radius 3 is 2.31 bits per heavy atom. The van der Waals surface area contributed by atoms with Gasteiger partial charge in [-0.3, -0.25) is 4.79 Å². The molecular formula is C20H28O6. The van der Waals surface area contributed by atoms with Crippen molar-refractivity contribution in [2.24, 2.45) is 16.2 Å². The van der Waals surface area contributed by atoms with Crippen LogP contribution < -0.4 is 0 Å². The Labute approximate surface area is 154 Å². The van der Waals surface area contributed by atoms with Crippen LogP contribution in [0.15, 0.2) is 24.3 Å². The number of phenols is 1. The van der Waals surface area contributed by atoms with E-state index in [2.05, 4.69) is 20.8 Å². The highest BCUT2D eigenvalue weighted by atomic mass is 16.7. The first-order valence-electron chi connectivity index (χ1n) is 8.72. The van der Waals surface area contributed by atoms with Gasteiger partial charge in [0.25, 0.3) is 0 Å². The topological polar surface area (TPSA) is 93.1 Å². The smallest absolute Gasteiger partial charge is 0.344 e. The van der Waals surface area contributed by atoms with Crippen LogP contribution in [0, 0.1) is 16.2 Å². The Hall–Kier alpha value is -2.08. The number of benzene rings is 1. The number of para-hydroxylation sites is 1. The van der Waals surface area contributed by atoms with E-state index in [1.54, 1.807) is 12.1 Å². The SMILES string of the molecule is CC(C)(C)CC1(C(=O)OCC(O)OC(=O)c2ccccc2O)CC1(C)C. The predicted octanol–water partition coefficient (Wildman–Crippen LogP) is 3.26. The zero-order valence-electron chi connectivity index (χ0n) is 16.0. The van der Waals surface area contributed by atoms with Crippen molar-refractivity contribution in [1.82, 2.24) is 0 Å². The summed E-state index contributed by atoms with van der Waals surface area (Å²) in [6, 6.07) is 5.85. The van der Waals surface area contributed by atoms with Gasteiger partial charge in [-0.2, -0.15) is 0 Å². The van der Waals surface area contributed by atoms with E-state index in [4.69, 9.17) is 9.47 Å². The van der Waals surface area contributed by atoms with Crippen LogP contribution >= 0.6 is 0 Å². The Morgan fingerprint density at radius 2 is 1.81 bits per heavy atom. The number of hydrogen-bond donors (Lipinski definition) is 2. The molecule has 0 heterocycles. The molecule has 0 bridgehead atoms. The molecule has 0 aromatic heterocycles. The molecule has 1 fully saturated rings. The lowest BCUT2D eigenvalue weighted by Crippen LogP contribution is -2.32. The van der Waals surface area contributed by atoms with E-state index in [0.717, 1.165) is 6.42 Å². The quantitative estimate of drug-likeness (QED) is 0.594. The predicted molar refractivity (Wildman–Crippen MR) is 95.4 cm³/mol. The van der Waals surface area contributed by atoms with Crippen molar-refractivity contribution in [3.63, 3.8) is 0 Å². The third-order valence-corrected chi connectivity index (χ3v) is 4.86. The zero-order chi connectivity index (χ0) is 19.8. The van der Waals surface area contributed by atoms with Gasteiger partial charge in [-0.25, -0.2) is 4.79 Å². The molecule has 1 saturated carbocycles. The summed E-state index contributed by atoms with van der Waals surface area (Å²) in [6.45, 7) is 9.81. The van der Waals surface area contributed by atoms with Crippen molar-refractivity contribution < 1.29 is 29.3 Å². The molecule has 0 radical (unpaired) electrons. The van der Waals surface area contributed by atoms with Gasteiger partial charge in [0, 0.05) is 0 Å². The maximum absolute atomic E-state index is 12.6. The van der Waals surface area contributed by atoms with Gasteiger partial charge < -0.3 is 19.7 Å². The number of ether oxygens (including phenoxy) is 2. The third kappa shape index (κ3) is 4.36. The molecule has 2 N–H and O–H groups in total. The van der Waals surface area contributed by atoms with Crippen molar-refractivity contribution in [2.75, 3.05) is 6.61 Å². The first-order chi connectivity index (χ1) is 11.9. The Kier molecular flexibility index (Phi) is 5.38. The molecule has 6 heteroatoms. The molecule has 0 spiro atoms. The molecule has 1 aliphatic carbocycles. The monoisotopic (exact) mass is 364 g/mol. The van der Waals surface area contributed by atoms with Crippen molar-refractivity contribution in [2.45, 2.75) is 53.8 Å². The van der Waals surface area contributed by atoms with Gasteiger partial charge in [-0.15, -0.1) is 0 Å². The number of carbonyl (C=O) groups excluding carboxylic acids is 2. The molecule has 0 saturated heterocycles. The lowest BCUT2D eigenvalue weighted by molar-refractivity contribution is -0.166. The van der Waals surface area contributed by atoms with Gasteiger partial charge in [0.1, 0.15) is 11.3 Å². The number of phenolic OH excluding ortho intramolecular Hbond substituents is 1. The molecule has 2 unspecified atom stereocenters. The zero-order valence-corrected chi connectivity index (χ0v) is 16.0. The summed E-state index contributed by atoms with van der Waals surface area (Å²) in [7, 11) is 0. The van der Waals surface area contributed by atoms with Crippen LogP contribution in [0.3, 0.4) is 0 Å². The minimum Gasteiger partial charge on any atom is -0.507 e. The maximum atomic E-state index is 12.6. The van der Waals surface area contributed by atoms with Crippen LogP contribution in [0.2, 0.25) is 0 Å². The Balaban J connectivity index is 1.92. The normalized spacial score (nSPS) is 22.4. The minimum atomic E-state index is -1.60. The van der Waals surface area contributed by atoms with Gasteiger partial charge in [-0.05, 0) is 35.8 Å². The van der Waals surface area contributed by atoms with E-state index in [0.29, 0.717) is 6.42 Å². The van der Waals surface area contributed by atoms with E-state index in [9.17, 15) is 19.8 Å². The number of aliphatic hydroxyl groups is 1. The van der Waals surface area contributed by atoms with Gasteiger partial charge >= 0.3 is 11.9 Å². The molecule has 1 aromatic rings. The van der Waals surface area contributed by atoms with Crippen LogP contribution in [-0.4, -0.2) is 35.0 Å². The van der Waals surface area contributed by atoms with E-state index in [1.807, 2.05) is 13.8 Å². The largest absolute Gasteiger partial charge is 0.507 e. The minimum absolute atomic E-state index is 0.0390. The Morgan fingerprint density at radius 1 is 1.23 bits per heavy atom. The van der Waals surface area contributed by atoms with Crippen LogP contribution in [0.25, 0.3) is 0 Å². The van der Waals surface area contributed by atoms with E-state index < -0.39 is 24.3 Å². The molecule has 144 valence electrons. The number of esters is 2. The second-order valence-electron chi connectivity index (χ2n) is 8.86. The first kappa shape index (κ1) is 20.2. The molecule has 6 nitrogen and oxygen atoms in total. The number of hydrogen-bond acceptors (Lipinski definition) is 6. The standard InChI is InChI=1S/C20H28O6/c1-18(2,3)11-20(12-19(20,4)5)17(24)25-10-15(22)26-16(23)13-8-6-7-9-14(13)21/h6-9,15,21-22H,10-12H2,1-5H3. The fourth-order valence-electron chi connectivity index (χ4n) is 3.49. The first-order valence-corrected chi connectivity index (χ1v) is 8.72. The Bertz CT molecular complexity index is 688. The maximum Gasteiger partial charge on any atom is 0.344 e.